The number of Topliss-reactive ketones (excluding diaryl/α,β-unsaturated/α-hetero) is 1. The molecule has 2 rings (SSSR count). The van der Waals surface area contributed by atoms with Gasteiger partial charge in [0.05, 0.1) is 0 Å². The zero-order valence-electron chi connectivity index (χ0n) is 13.1. The lowest BCUT2D eigenvalue weighted by atomic mass is 10.0. The van der Waals surface area contributed by atoms with Gasteiger partial charge in [0.15, 0.2) is 12.4 Å². The monoisotopic (exact) mass is 282 g/mol. The normalized spacial score (nSPS) is 10.7. The number of para-hydroxylation sites is 1. The minimum atomic E-state index is 0.0195. The molecule has 21 heavy (non-hydrogen) atoms. The van der Waals surface area contributed by atoms with Crippen molar-refractivity contribution in [2.24, 2.45) is 0 Å². The van der Waals surface area contributed by atoms with Crippen LogP contribution in [-0.4, -0.2) is 12.4 Å². The highest BCUT2D eigenvalue weighted by Crippen LogP contribution is 2.26. The van der Waals surface area contributed by atoms with Gasteiger partial charge in [-0.25, -0.2) is 0 Å². The SMILES string of the molecule is Cc1ccc(C(=O)COc2ccccc2C(C)C)c(C)c1. The van der Waals surface area contributed by atoms with Crippen LogP contribution in [0.25, 0.3) is 0 Å². The topological polar surface area (TPSA) is 26.3 Å². The Kier molecular flexibility index (Phi) is 4.79. The Balaban J connectivity index is 2.11. The van der Waals surface area contributed by atoms with Crippen molar-refractivity contribution in [3.05, 3.63) is 64.7 Å². The number of aryl methyl sites for hydroxylation is 2. The molecule has 0 aliphatic carbocycles. The minimum Gasteiger partial charge on any atom is -0.485 e. The molecule has 0 saturated carbocycles. The van der Waals surface area contributed by atoms with Crippen LogP contribution in [0.1, 0.15) is 46.8 Å². The molecule has 0 spiro atoms. The van der Waals surface area contributed by atoms with Crippen molar-refractivity contribution >= 4 is 5.78 Å². The second-order valence-electron chi connectivity index (χ2n) is 5.72. The first-order valence-corrected chi connectivity index (χ1v) is 7.31. The fourth-order valence-electron chi connectivity index (χ4n) is 2.44. The summed E-state index contributed by atoms with van der Waals surface area (Å²) in [5.74, 6) is 1.19. The van der Waals surface area contributed by atoms with Crippen molar-refractivity contribution in [3.8, 4) is 5.75 Å². The zero-order valence-corrected chi connectivity index (χ0v) is 13.1. The lowest BCUT2D eigenvalue weighted by molar-refractivity contribution is 0.0920. The van der Waals surface area contributed by atoms with Crippen molar-refractivity contribution in [2.75, 3.05) is 6.61 Å². The molecule has 0 fully saturated rings. The van der Waals surface area contributed by atoms with Crippen LogP contribution < -0.4 is 4.74 Å². The van der Waals surface area contributed by atoms with E-state index in [1.807, 2.05) is 56.3 Å². The van der Waals surface area contributed by atoms with Crippen molar-refractivity contribution < 1.29 is 9.53 Å². The van der Waals surface area contributed by atoms with Gasteiger partial charge in [0.1, 0.15) is 5.75 Å². The van der Waals surface area contributed by atoms with E-state index in [9.17, 15) is 4.79 Å². The molecular weight excluding hydrogens is 260 g/mol. The van der Waals surface area contributed by atoms with Crippen LogP contribution in [0, 0.1) is 13.8 Å². The summed E-state index contributed by atoms with van der Waals surface area (Å²) in [6.45, 7) is 8.30. The van der Waals surface area contributed by atoms with Crippen LogP contribution in [0.4, 0.5) is 0 Å². The predicted molar refractivity (Wildman–Crippen MR) is 86.3 cm³/mol. The number of carbonyl (C=O) groups is 1. The molecule has 0 saturated heterocycles. The number of hydrogen-bond acceptors (Lipinski definition) is 2. The lowest BCUT2D eigenvalue weighted by Gasteiger charge is -2.14. The Morgan fingerprint density at radius 2 is 1.81 bits per heavy atom. The van der Waals surface area contributed by atoms with Crippen LogP contribution in [-0.2, 0) is 0 Å². The first-order valence-electron chi connectivity index (χ1n) is 7.31. The van der Waals surface area contributed by atoms with E-state index in [-0.39, 0.29) is 12.4 Å². The van der Waals surface area contributed by atoms with E-state index in [1.54, 1.807) is 0 Å². The van der Waals surface area contributed by atoms with Gasteiger partial charge < -0.3 is 4.74 Å². The minimum absolute atomic E-state index is 0.0195. The summed E-state index contributed by atoms with van der Waals surface area (Å²) in [6.07, 6.45) is 0. The average molecular weight is 282 g/mol. The van der Waals surface area contributed by atoms with Gasteiger partial charge >= 0.3 is 0 Å². The molecular formula is C19H22O2. The summed E-state index contributed by atoms with van der Waals surface area (Å²) in [6, 6.07) is 13.8. The van der Waals surface area contributed by atoms with Crippen LogP contribution in [0.2, 0.25) is 0 Å². The lowest BCUT2D eigenvalue weighted by Crippen LogP contribution is -2.14. The van der Waals surface area contributed by atoms with Gasteiger partial charge in [0.2, 0.25) is 0 Å². The third-order valence-corrected chi connectivity index (χ3v) is 3.58. The van der Waals surface area contributed by atoms with Gasteiger partial charge in [-0.1, -0.05) is 55.8 Å². The maximum atomic E-state index is 12.3. The fraction of sp³-hybridized carbons (Fsp3) is 0.316. The number of benzene rings is 2. The van der Waals surface area contributed by atoms with E-state index in [4.69, 9.17) is 4.74 Å². The van der Waals surface area contributed by atoms with Crippen LogP contribution in [0.5, 0.6) is 5.75 Å². The molecule has 2 heteroatoms. The molecule has 0 bridgehead atoms. The van der Waals surface area contributed by atoms with Crippen molar-refractivity contribution in [2.45, 2.75) is 33.6 Å². The Bertz CT molecular complexity index is 642. The van der Waals surface area contributed by atoms with Crippen LogP contribution in [0.15, 0.2) is 42.5 Å². The molecule has 0 amide bonds. The molecule has 0 aliphatic rings. The van der Waals surface area contributed by atoms with E-state index in [1.165, 1.54) is 0 Å². The largest absolute Gasteiger partial charge is 0.485 e. The Morgan fingerprint density at radius 1 is 1.10 bits per heavy atom. The fourth-order valence-corrected chi connectivity index (χ4v) is 2.44. The van der Waals surface area contributed by atoms with Crippen LogP contribution in [0.3, 0.4) is 0 Å². The third kappa shape index (κ3) is 3.72. The number of ether oxygens (including phenoxy) is 1. The molecule has 0 atom stereocenters. The first-order chi connectivity index (χ1) is 9.99. The number of carbonyl (C=O) groups excluding carboxylic acids is 1. The molecule has 2 aromatic carbocycles. The quantitative estimate of drug-likeness (QED) is 0.744. The molecule has 0 heterocycles. The van der Waals surface area contributed by atoms with E-state index in [0.717, 1.165) is 28.0 Å². The zero-order chi connectivity index (χ0) is 15.4. The summed E-state index contributed by atoms with van der Waals surface area (Å²) in [7, 11) is 0. The Hall–Kier alpha value is -2.09. The van der Waals surface area contributed by atoms with Gasteiger partial charge in [-0.05, 0) is 37.0 Å². The van der Waals surface area contributed by atoms with Gasteiger partial charge in [-0.2, -0.15) is 0 Å². The van der Waals surface area contributed by atoms with Gasteiger partial charge in [0.25, 0.3) is 0 Å². The highest BCUT2D eigenvalue weighted by molar-refractivity contribution is 5.98. The molecule has 110 valence electrons. The molecule has 0 radical (unpaired) electrons. The third-order valence-electron chi connectivity index (χ3n) is 3.58. The van der Waals surface area contributed by atoms with Crippen molar-refractivity contribution in [1.82, 2.24) is 0 Å². The Morgan fingerprint density at radius 3 is 2.48 bits per heavy atom. The summed E-state index contributed by atoms with van der Waals surface area (Å²) in [5.41, 5.74) is 4.03. The highest BCUT2D eigenvalue weighted by atomic mass is 16.5. The Labute approximate surface area is 126 Å². The maximum absolute atomic E-state index is 12.3. The van der Waals surface area contributed by atoms with E-state index < -0.39 is 0 Å². The van der Waals surface area contributed by atoms with E-state index in [0.29, 0.717) is 5.92 Å². The number of rotatable bonds is 5. The molecule has 0 unspecified atom stereocenters. The number of hydrogen-bond donors (Lipinski definition) is 0. The summed E-state index contributed by atoms with van der Waals surface area (Å²) < 4.78 is 5.75. The summed E-state index contributed by atoms with van der Waals surface area (Å²) >= 11 is 0. The number of ketones is 1. The summed E-state index contributed by atoms with van der Waals surface area (Å²) in [4.78, 5) is 12.3. The molecule has 0 aromatic heterocycles. The predicted octanol–water partition coefficient (Wildman–Crippen LogP) is 4.69. The molecule has 0 N–H and O–H groups in total. The van der Waals surface area contributed by atoms with Gasteiger partial charge in [-0.15, -0.1) is 0 Å². The second kappa shape index (κ2) is 6.57. The van der Waals surface area contributed by atoms with E-state index >= 15 is 0 Å². The average Bonchev–Trinajstić information content (AvgIpc) is 2.45. The maximum Gasteiger partial charge on any atom is 0.200 e. The van der Waals surface area contributed by atoms with Gasteiger partial charge in [0, 0.05) is 5.56 Å². The van der Waals surface area contributed by atoms with Gasteiger partial charge in [-0.3, -0.25) is 4.79 Å². The smallest absolute Gasteiger partial charge is 0.200 e. The molecule has 0 aliphatic heterocycles. The highest BCUT2D eigenvalue weighted by Gasteiger charge is 2.12. The van der Waals surface area contributed by atoms with Crippen LogP contribution >= 0.6 is 0 Å². The second-order valence-corrected chi connectivity index (χ2v) is 5.72. The molecule has 2 nitrogen and oxygen atoms in total. The standard InChI is InChI=1S/C19H22O2/c1-13(2)16-7-5-6-8-19(16)21-12-18(20)17-10-9-14(3)11-15(17)4/h5-11,13H,12H2,1-4H3. The van der Waals surface area contributed by atoms with Crippen molar-refractivity contribution in [3.63, 3.8) is 0 Å². The summed E-state index contributed by atoms with van der Waals surface area (Å²) in [5, 5.41) is 0. The van der Waals surface area contributed by atoms with Crippen molar-refractivity contribution in [1.29, 1.82) is 0 Å². The first kappa shape index (κ1) is 15.3. The van der Waals surface area contributed by atoms with E-state index in [2.05, 4.69) is 13.8 Å². The molecule has 2 aromatic rings.